The van der Waals surface area contributed by atoms with E-state index in [9.17, 15) is 19.5 Å². The van der Waals surface area contributed by atoms with E-state index in [2.05, 4.69) is 10.6 Å². The Hall–Kier alpha value is -1.83. The third-order valence-corrected chi connectivity index (χ3v) is 5.00. The van der Waals surface area contributed by atoms with Gasteiger partial charge in [0.25, 0.3) is 0 Å². The monoisotopic (exact) mass is 365 g/mol. The second kappa shape index (κ2) is 7.42. The Bertz CT molecular complexity index is 874. The van der Waals surface area contributed by atoms with Crippen LogP contribution >= 0.6 is 0 Å². The van der Waals surface area contributed by atoms with Crippen LogP contribution in [0.5, 0.6) is 0 Å². The second-order valence-corrected chi connectivity index (χ2v) is 6.98. The number of carbonyl (C=O) groups is 3. The predicted octanol–water partition coefficient (Wildman–Crippen LogP) is -2.65. The summed E-state index contributed by atoms with van der Waals surface area (Å²) in [6.07, 6.45) is 1.81. The molecule has 0 saturated heterocycles. The molecular formula is C18H20N3NaO4. The molecule has 1 aliphatic rings. The van der Waals surface area contributed by atoms with E-state index in [-0.39, 0.29) is 47.9 Å². The van der Waals surface area contributed by atoms with Gasteiger partial charge in [-0.15, -0.1) is 0 Å². The topological polar surface area (TPSA) is 103 Å². The zero-order chi connectivity index (χ0) is 18.4. The van der Waals surface area contributed by atoms with Crippen LogP contribution in [0.3, 0.4) is 0 Å². The van der Waals surface area contributed by atoms with E-state index < -0.39 is 23.2 Å². The number of nitrogens with one attached hydrogen (secondary N) is 2. The number of aliphatic carboxylic acids is 1. The van der Waals surface area contributed by atoms with Gasteiger partial charge in [-0.3, -0.25) is 9.59 Å². The van der Waals surface area contributed by atoms with Gasteiger partial charge in [0.2, 0.25) is 11.8 Å². The van der Waals surface area contributed by atoms with Crippen molar-refractivity contribution in [3.8, 4) is 0 Å². The number of anilines is 1. The maximum absolute atomic E-state index is 12.4. The molecular weight excluding hydrogens is 345 g/mol. The largest absolute Gasteiger partial charge is 1.00 e. The molecule has 1 heterocycles. The molecule has 2 N–H and O–H groups in total. The summed E-state index contributed by atoms with van der Waals surface area (Å²) in [5.74, 6) is -3.02. The second-order valence-electron chi connectivity index (χ2n) is 6.98. The van der Waals surface area contributed by atoms with Gasteiger partial charge < -0.3 is 25.1 Å². The Kier molecular flexibility index (Phi) is 5.85. The van der Waals surface area contributed by atoms with Crippen molar-refractivity contribution in [2.75, 3.05) is 12.4 Å². The Morgan fingerprint density at radius 2 is 1.88 bits per heavy atom. The third kappa shape index (κ3) is 3.65. The standard InChI is InChI=1S/C18H21N3O4.Na/c1-18(2)14(15(18)17(24)25)16(23)20-11-5-4-10-6-7-21(12(10)8-11)9-13(22)19-3;/h4-8,14-15H,9H2,1-3H3,(H,19,22)(H,20,23)(H,24,25);/q;+1/p-1/t14-,15+;/m0./s1. The summed E-state index contributed by atoms with van der Waals surface area (Å²) in [6, 6.07) is 7.27. The van der Waals surface area contributed by atoms with E-state index in [1.807, 2.05) is 18.3 Å². The van der Waals surface area contributed by atoms with Gasteiger partial charge in [-0.25, -0.2) is 0 Å². The molecule has 7 nitrogen and oxygen atoms in total. The molecule has 2 atom stereocenters. The minimum atomic E-state index is -1.19. The molecule has 8 heteroatoms. The molecule has 0 bridgehead atoms. The minimum Gasteiger partial charge on any atom is -0.550 e. The fourth-order valence-electron chi connectivity index (χ4n) is 3.42. The van der Waals surface area contributed by atoms with Gasteiger partial charge in [0, 0.05) is 30.8 Å². The first-order valence-corrected chi connectivity index (χ1v) is 8.07. The molecule has 3 rings (SSSR count). The predicted molar refractivity (Wildman–Crippen MR) is 90.4 cm³/mol. The van der Waals surface area contributed by atoms with Crippen molar-refractivity contribution in [3.63, 3.8) is 0 Å². The van der Waals surface area contributed by atoms with Crippen LogP contribution in [0, 0.1) is 17.3 Å². The van der Waals surface area contributed by atoms with Gasteiger partial charge in [-0.05, 0) is 29.0 Å². The number of carboxylic acid groups (broad SMARTS) is 1. The van der Waals surface area contributed by atoms with Crippen LogP contribution in [-0.2, 0) is 20.9 Å². The normalized spacial score (nSPS) is 20.1. The molecule has 1 fully saturated rings. The van der Waals surface area contributed by atoms with Gasteiger partial charge in [-0.1, -0.05) is 19.9 Å². The third-order valence-electron chi connectivity index (χ3n) is 5.00. The number of aromatic nitrogens is 1. The molecule has 26 heavy (non-hydrogen) atoms. The Labute approximate surface area is 173 Å². The smallest absolute Gasteiger partial charge is 0.550 e. The quantitative estimate of drug-likeness (QED) is 0.565. The number of amides is 2. The van der Waals surface area contributed by atoms with E-state index in [1.54, 1.807) is 37.6 Å². The van der Waals surface area contributed by atoms with Gasteiger partial charge in [0.15, 0.2) is 0 Å². The molecule has 1 saturated carbocycles. The number of nitrogens with zero attached hydrogens (tertiary/aromatic N) is 1. The first-order chi connectivity index (χ1) is 11.8. The summed E-state index contributed by atoms with van der Waals surface area (Å²) < 4.78 is 1.79. The molecule has 0 radical (unpaired) electrons. The van der Waals surface area contributed by atoms with Crippen molar-refractivity contribution in [2.45, 2.75) is 20.4 Å². The number of carboxylic acids is 1. The van der Waals surface area contributed by atoms with Gasteiger partial charge >= 0.3 is 29.6 Å². The number of carbonyl (C=O) groups excluding carboxylic acids is 3. The minimum absolute atomic E-state index is 0. The first kappa shape index (κ1) is 20.5. The van der Waals surface area contributed by atoms with Crippen LogP contribution in [0.25, 0.3) is 10.9 Å². The van der Waals surface area contributed by atoms with Crippen molar-refractivity contribution < 1.29 is 49.0 Å². The maximum Gasteiger partial charge on any atom is 1.00 e. The number of likely N-dealkylation sites (N-methyl/N-ethyl adjacent to an activating group) is 1. The zero-order valence-electron chi connectivity index (χ0n) is 15.3. The molecule has 1 aliphatic carbocycles. The number of benzene rings is 1. The van der Waals surface area contributed by atoms with Crippen LogP contribution in [-0.4, -0.2) is 29.4 Å². The Morgan fingerprint density at radius 1 is 1.19 bits per heavy atom. The van der Waals surface area contributed by atoms with Crippen molar-refractivity contribution >= 4 is 34.4 Å². The van der Waals surface area contributed by atoms with E-state index >= 15 is 0 Å². The summed E-state index contributed by atoms with van der Waals surface area (Å²) >= 11 is 0. The molecule has 0 aliphatic heterocycles. The molecule has 132 valence electrons. The van der Waals surface area contributed by atoms with Crippen LogP contribution in [0.2, 0.25) is 0 Å². The van der Waals surface area contributed by atoms with Crippen molar-refractivity contribution in [2.24, 2.45) is 17.3 Å². The average molecular weight is 365 g/mol. The fraction of sp³-hybridized carbons (Fsp3) is 0.389. The Balaban J connectivity index is 0.00000243. The van der Waals surface area contributed by atoms with Gasteiger partial charge in [0.05, 0.1) is 11.4 Å². The molecule has 0 spiro atoms. The fourth-order valence-corrected chi connectivity index (χ4v) is 3.42. The number of fused-ring (bicyclic) bond motifs is 1. The van der Waals surface area contributed by atoms with Crippen molar-refractivity contribution in [1.82, 2.24) is 9.88 Å². The number of hydrogen-bond donors (Lipinski definition) is 2. The van der Waals surface area contributed by atoms with E-state index in [0.29, 0.717) is 5.69 Å². The van der Waals surface area contributed by atoms with Crippen molar-refractivity contribution in [1.29, 1.82) is 0 Å². The van der Waals surface area contributed by atoms with Crippen LogP contribution in [0.1, 0.15) is 13.8 Å². The number of hydrogen-bond acceptors (Lipinski definition) is 4. The zero-order valence-corrected chi connectivity index (χ0v) is 17.3. The van der Waals surface area contributed by atoms with E-state index in [4.69, 9.17) is 0 Å². The van der Waals surface area contributed by atoms with Crippen molar-refractivity contribution in [3.05, 3.63) is 30.5 Å². The molecule has 1 aromatic heterocycles. The van der Waals surface area contributed by atoms with E-state index in [0.717, 1.165) is 10.9 Å². The molecule has 2 amide bonds. The molecule has 1 aromatic carbocycles. The van der Waals surface area contributed by atoms with Gasteiger partial charge in [-0.2, -0.15) is 0 Å². The SMILES string of the molecule is CNC(=O)Cn1ccc2ccc(NC(=O)[C@@H]3[C@H](C(=O)[O-])C3(C)C)cc21.[Na+]. The first-order valence-electron chi connectivity index (χ1n) is 8.07. The van der Waals surface area contributed by atoms with Gasteiger partial charge in [0.1, 0.15) is 6.54 Å². The van der Waals surface area contributed by atoms with Crippen LogP contribution in [0.4, 0.5) is 5.69 Å². The maximum atomic E-state index is 12.4. The summed E-state index contributed by atoms with van der Waals surface area (Å²) in [5, 5.41) is 17.4. The number of rotatable bonds is 5. The summed E-state index contributed by atoms with van der Waals surface area (Å²) in [6.45, 7) is 3.67. The summed E-state index contributed by atoms with van der Waals surface area (Å²) in [7, 11) is 1.57. The van der Waals surface area contributed by atoms with Crippen LogP contribution in [0.15, 0.2) is 30.5 Å². The average Bonchev–Trinajstić information content (AvgIpc) is 2.94. The summed E-state index contributed by atoms with van der Waals surface area (Å²) in [4.78, 5) is 35.1. The van der Waals surface area contributed by atoms with E-state index in [1.165, 1.54) is 0 Å². The Morgan fingerprint density at radius 3 is 2.46 bits per heavy atom. The molecule has 2 aromatic rings. The summed E-state index contributed by atoms with van der Waals surface area (Å²) in [5.41, 5.74) is 0.772. The molecule has 0 unspecified atom stereocenters. The van der Waals surface area contributed by atoms with Crippen LogP contribution < -0.4 is 45.3 Å².